The molecule has 3 fully saturated rings. The van der Waals surface area contributed by atoms with Crippen LogP contribution < -0.4 is 5.32 Å². The molecule has 2 heterocycles. The maximum Gasteiger partial charge on any atom is 0.407 e. The van der Waals surface area contributed by atoms with Crippen LogP contribution in [0, 0.1) is 5.92 Å². The van der Waals surface area contributed by atoms with E-state index in [1.807, 2.05) is 24.3 Å². The van der Waals surface area contributed by atoms with Crippen molar-refractivity contribution in [2.45, 2.75) is 62.1 Å². The van der Waals surface area contributed by atoms with E-state index < -0.39 is 23.5 Å². The van der Waals surface area contributed by atoms with Crippen LogP contribution in [0.15, 0.2) is 48.5 Å². The van der Waals surface area contributed by atoms with Crippen LogP contribution in [0.25, 0.3) is 11.1 Å². The summed E-state index contributed by atoms with van der Waals surface area (Å²) < 4.78 is 5.67. The lowest BCUT2D eigenvalue weighted by molar-refractivity contribution is -0.143. The van der Waals surface area contributed by atoms with Gasteiger partial charge in [-0.1, -0.05) is 48.5 Å². The van der Waals surface area contributed by atoms with E-state index >= 15 is 0 Å². The molecule has 176 valence electrons. The van der Waals surface area contributed by atoms with E-state index in [0.29, 0.717) is 6.42 Å². The van der Waals surface area contributed by atoms with Crippen molar-refractivity contribution in [1.82, 2.24) is 10.2 Å². The van der Waals surface area contributed by atoms with E-state index in [-0.39, 0.29) is 36.9 Å². The molecule has 7 nitrogen and oxygen atoms in total. The van der Waals surface area contributed by atoms with Gasteiger partial charge in [-0.25, -0.2) is 4.79 Å². The standard InChI is InChI=1S/C27H28N2O5/c30-24(29-16-9-10-23(29)21(13-16)25(31)32)14-27(11-12-27)28-26(33)34-15-22-19-7-3-1-5-17(19)18-6-2-4-8-20(18)22/h1-8,16,21-23H,9-15H2,(H,28,33)(H,31,32)/t16-,21+,23+/m1/s1. The number of benzene rings is 2. The number of hydrogen-bond donors (Lipinski definition) is 2. The topological polar surface area (TPSA) is 95.9 Å². The summed E-state index contributed by atoms with van der Waals surface area (Å²) in [6, 6.07) is 16.2. The van der Waals surface area contributed by atoms with Crippen LogP contribution in [-0.2, 0) is 14.3 Å². The number of aliphatic carboxylic acids is 1. The van der Waals surface area contributed by atoms with Crippen LogP contribution in [-0.4, -0.2) is 52.2 Å². The first-order valence-corrected chi connectivity index (χ1v) is 12.1. The summed E-state index contributed by atoms with van der Waals surface area (Å²) in [5, 5.41) is 12.4. The second-order valence-corrected chi connectivity index (χ2v) is 10.2. The van der Waals surface area contributed by atoms with Gasteiger partial charge in [-0.2, -0.15) is 0 Å². The zero-order valence-corrected chi connectivity index (χ0v) is 18.9. The third-order valence-corrected chi connectivity index (χ3v) is 8.20. The van der Waals surface area contributed by atoms with E-state index in [1.165, 1.54) is 11.1 Å². The monoisotopic (exact) mass is 460 g/mol. The van der Waals surface area contributed by atoms with Gasteiger partial charge in [-0.05, 0) is 54.4 Å². The molecule has 2 saturated heterocycles. The van der Waals surface area contributed by atoms with Crippen LogP contribution in [0.3, 0.4) is 0 Å². The van der Waals surface area contributed by atoms with E-state index in [2.05, 4.69) is 29.6 Å². The molecule has 2 aromatic carbocycles. The van der Waals surface area contributed by atoms with Crippen molar-refractivity contribution in [3.8, 4) is 11.1 Å². The van der Waals surface area contributed by atoms with Gasteiger partial charge in [-0.15, -0.1) is 0 Å². The van der Waals surface area contributed by atoms with E-state index in [0.717, 1.165) is 36.8 Å². The summed E-state index contributed by atoms with van der Waals surface area (Å²) in [7, 11) is 0. The van der Waals surface area contributed by atoms with Gasteiger partial charge in [0.05, 0.1) is 17.9 Å². The number of fused-ring (bicyclic) bond motifs is 5. The molecule has 4 aliphatic rings. The number of ether oxygens (including phenoxy) is 1. The molecule has 1 saturated carbocycles. The number of carboxylic acids is 1. The number of nitrogens with zero attached hydrogens (tertiary/aromatic N) is 1. The highest BCUT2D eigenvalue weighted by Gasteiger charge is 2.54. The van der Waals surface area contributed by atoms with Crippen molar-refractivity contribution in [1.29, 1.82) is 0 Å². The molecular weight excluding hydrogens is 432 g/mol. The summed E-state index contributed by atoms with van der Waals surface area (Å²) in [5.41, 5.74) is 4.10. The Balaban J connectivity index is 1.08. The SMILES string of the molecule is O=C(NC1(CC(=O)N2[C@@H]3CC[C@H]2[C@@H](C(=O)O)C3)CC1)OCC1c2ccccc2-c2ccccc21. The smallest absolute Gasteiger partial charge is 0.407 e. The highest BCUT2D eigenvalue weighted by Crippen LogP contribution is 2.46. The molecule has 3 atom stereocenters. The van der Waals surface area contributed by atoms with Crippen molar-refractivity contribution in [3.05, 3.63) is 59.7 Å². The predicted octanol–water partition coefficient (Wildman–Crippen LogP) is 3.91. The normalized spacial score (nSPS) is 25.5. The fourth-order valence-electron chi connectivity index (χ4n) is 6.37. The molecule has 34 heavy (non-hydrogen) atoms. The van der Waals surface area contributed by atoms with Crippen molar-refractivity contribution in [2.24, 2.45) is 5.92 Å². The Hall–Kier alpha value is -3.35. The van der Waals surface area contributed by atoms with Gasteiger partial charge in [0.25, 0.3) is 0 Å². The van der Waals surface area contributed by atoms with Crippen molar-refractivity contribution >= 4 is 18.0 Å². The molecule has 2 N–H and O–H groups in total. The Labute approximate surface area is 198 Å². The fourth-order valence-corrected chi connectivity index (χ4v) is 6.37. The highest BCUT2D eigenvalue weighted by atomic mass is 16.5. The summed E-state index contributed by atoms with van der Waals surface area (Å²) in [6.45, 7) is 0.237. The number of rotatable bonds is 6. The third-order valence-electron chi connectivity index (χ3n) is 8.20. The van der Waals surface area contributed by atoms with Gasteiger partial charge in [0.15, 0.2) is 0 Å². The van der Waals surface area contributed by atoms with Crippen LogP contribution in [0.4, 0.5) is 4.79 Å². The number of nitrogens with one attached hydrogen (secondary N) is 1. The zero-order chi connectivity index (χ0) is 23.4. The highest BCUT2D eigenvalue weighted by molar-refractivity contribution is 5.83. The van der Waals surface area contributed by atoms with E-state index in [1.54, 1.807) is 4.90 Å². The number of hydrogen-bond acceptors (Lipinski definition) is 4. The average molecular weight is 461 g/mol. The minimum Gasteiger partial charge on any atom is -0.481 e. The maximum atomic E-state index is 13.1. The molecule has 2 bridgehead atoms. The molecule has 7 heteroatoms. The first-order chi connectivity index (χ1) is 16.5. The lowest BCUT2D eigenvalue weighted by atomic mass is 9.89. The Kier molecular flexibility index (Phi) is 4.90. The summed E-state index contributed by atoms with van der Waals surface area (Å²) >= 11 is 0. The van der Waals surface area contributed by atoms with Gasteiger partial charge in [-0.3, -0.25) is 9.59 Å². The number of amides is 2. The number of carbonyl (C=O) groups is 3. The van der Waals surface area contributed by atoms with Gasteiger partial charge in [0.2, 0.25) is 5.91 Å². The molecule has 0 aromatic heterocycles. The Morgan fingerprint density at radius 3 is 2.24 bits per heavy atom. The Bertz CT molecular complexity index is 1130. The fraction of sp³-hybridized carbons (Fsp3) is 0.444. The predicted molar refractivity (Wildman–Crippen MR) is 124 cm³/mol. The summed E-state index contributed by atoms with van der Waals surface area (Å²) in [5.74, 6) is -1.34. The quantitative estimate of drug-likeness (QED) is 0.681. The molecular formula is C27H28N2O5. The molecule has 2 amide bonds. The minimum absolute atomic E-state index is 0.0110. The van der Waals surface area contributed by atoms with Crippen LogP contribution in [0.2, 0.25) is 0 Å². The first kappa shape index (κ1) is 21.2. The summed E-state index contributed by atoms with van der Waals surface area (Å²) in [4.78, 5) is 39.1. The molecule has 2 aliphatic heterocycles. The van der Waals surface area contributed by atoms with Gasteiger partial charge >= 0.3 is 12.1 Å². The van der Waals surface area contributed by atoms with Crippen molar-refractivity contribution in [2.75, 3.05) is 6.61 Å². The molecule has 2 aliphatic carbocycles. The van der Waals surface area contributed by atoms with Crippen LogP contribution in [0.5, 0.6) is 0 Å². The molecule has 0 spiro atoms. The zero-order valence-electron chi connectivity index (χ0n) is 18.9. The molecule has 0 unspecified atom stereocenters. The molecule has 0 radical (unpaired) electrons. The minimum atomic E-state index is -0.817. The Morgan fingerprint density at radius 2 is 1.65 bits per heavy atom. The van der Waals surface area contributed by atoms with E-state index in [9.17, 15) is 19.5 Å². The maximum absolute atomic E-state index is 13.1. The second-order valence-electron chi connectivity index (χ2n) is 10.2. The van der Waals surface area contributed by atoms with Crippen molar-refractivity contribution < 1.29 is 24.2 Å². The lowest BCUT2D eigenvalue weighted by Crippen LogP contribution is -2.45. The Morgan fingerprint density at radius 1 is 1.00 bits per heavy atom. The molecule has 6 rings (SSSR count). The first-order valence-electron chi connectivity index (χ1n) is 12.1. The third kappa shape index (κ3) is 3.45. The number of alkyl carbamates (subject to hydrolysis) is 1. The second kappa shape index (κ2) is 7.86. The van der Waals surface area contributed by atoms with Gasteiger partial charge in [0.1, 0.15) is 6.61 Å². The lowest BCUT2D eigenvalue weighted by Gasteiger charge is -2.26. The number of carboxylic acid groups (broad SMARTS) is 1. The van der Waals surface area contributed by atoms with Crippen LogP contribution >= 0.6 is 0 Å². The van der Waals surface area contributed by atoms with E-state index in [4.69, 9.17) is 4.74 Å². The molecule has 2 aromatic rings. The van der Waals surface area contributed by atoms with Crippen LogP contribution in [0.1, 0.15) is 55.6 Å². The summed E-state index contributed by atoms with van der Waals surface area (Å²) in [6.07, 6.45) is 3.32. The largest absolute Gasteiger partial charge is 0.481 e. The number of carbonyl (C=O) groups excluding carboxylic acids is 2. The van der Waals surface area contributed by atoms with Gasteiger partial charge < -0.3 is 20.1 Å². The van der Waals surface area contributed by atoms with Crippen molar-refractivity contribution in [3.63, 3.8) is 0 Å². The van der Waals surface area contributed by atoms with Gasteiger partial charge in [0, 0.05) is 18.0 Å². The average Bonchev–Trinajstić information content (AvgIpc) is 3.19.